The summed E-state index contributed by atoms with van der Waals surface area (Å²) in [6, 6.07) is 7.86. The first-order valence-electron chi connectivity index (χ1n) is 8.77. The zero-order chi connectivity index (χ0) is 17.3. The van der Waals surface area contributed by atoms with Crippen molar-refractivity contribution >= 4 is 22.6 Å². The van der Waals surface area contributed by atoms with Crippen LogP contribution in [0.4, 0.5) is 0 Å². The van der Waals surface area contributed by atoms with Gasteiger partial charge in [0.2, 0.25) is 0 Å². The first kappa shape index (κ1) is 16.7. The van der Waals surface area contributed by atoms with Gasteiger partial charge in [-0.1, -0.05) is 58.7 Å². The number of para-hydroxylation sites is 1. The maximum absolute atomic E-state index is 12.3. The Labute approximate surface area is 143 Å². The van der Waals surface area contributed by atoms with Crippen LogP contribution in [0.15, 0.2) is 29.3 Å². The van der Waals surface area contributed by atoms with Crippen molar-refractivity contribution in [3.63, 3.8) is 0 Å². The third-order valence-corrected chi connectivity index (χ3v) is 4.47. The summed E-state index contributed by atoms with van der Waals surface area (Å²) in [5, 5.41) is 9.10. The van der Waals surface area contributed by atoms with Crippen LogP contribution in [-0.4, -0.2) is 27.6 Å². The van der Waals surface area contributed by atoms with E-state index in [1.165, 1.54) is 12.8 Å². The van der Waals surface area contributed by atoms with E-state index in [0.717, 1.165) is 29.6 Å². The van der Waals surface area contributed by atoms with Gasteiger partial charge in [0.05, 0.1) is 5.52 Å². The lowest BCUT2D eigenvalue weighted by Crippen LogP contribution is -2.43. The Bertz CT molecular complexity index is 782. The number of unbranched alkanes of at least 4 members (excludes halogenated alkanes) is 2. The number of nitrogens with zero attached hydrogens (tertiary/aromatic N) is 3. The van der Waals surface area contributed by atoms with Gasteiger partial charge in [-0.15, -0.1) is 0 Å². The molecule has 2 heterocycles. The average Bonchev–Trinajstić information content (AvgIpc) is 3.08. The lowest BCUT2D eigenvalue weighted by Gasteiger charge is -2.25. The lowest BCUT2D eigenvalue weighted by molar-refractivity contribution is -0.120. The summed E-state index contributed by atoms with van der Waals surface area (Å²) in [6.45, 7) is 9.22. The second-order valence-electron chi connectivity index (χ2n) is 7.54. The van der Waals surface area contributed by atoms with Crippen molar-refractivity contribution < 1.29 is 4.79 Å². The molecule has 0 radical (unpaired) electrons. The van der Waals surface area contributed by atoms with E-state index in [-0.39, 0.29) is 17.4 Å². The number of rotatable bonds is 5. The Kier molecular flexibility index (Phi) is 4.43. The molecule has 1 amide bonds. The van der Waals surface area contributed by atoms with Crippen molar-refractivity contribution in [2.24, 2.45) is 10.4 Å². The summed E-state index contributed by atoms with van der Waals surface area (Å²) in [7, 11) is 0. The molecule has 1 unspecified atom stereocenters. The van der Waals surface area contributed by atoms with E-state index in [9.17, 15) is 4.79 Å². The molecule has 24 heavy (non-hydrogen) atoms. The molecule has 0 bridgehead atoms. The van der Waals surface area contributed by atoms with Gasteiger partial charge < -0.3 is 5.32 Å². The van der Waals surface area contributed by atoms with Crippen LogP contribution < -0.4 is 5.32 Å². The van der Waals surface area contributed by atoms with E-state index >= 15 is 0 Å². The van der Waals surface area contributed by atoms with E-state index in [2.05, 4.69) is 23.3 Å². The second-order valence-corrected chi connectivity index (χ2v) is 7.54. The molecule has 0 spiro atoms. The van der Waals surface area contributed by atoms with E-state index in [0.29, 0.717) is 5.84 Å². The molecule has 0 saturated carbocycles. The maximum atomic E-state index is 12.3. The number of nitrogens with one attached hydrogen (secondary N) is 1. The first-order chi connectivity index (χ1) is 11.4. The van der Waals surface area contributed by atoms with Crippen molar-refractivity contribution in [2.75, 3.05) is 0 Å². The Morgan fingerprint density at radius 2 is 1.96 bits per heavy atom. The minimum Gasteiger partial charge on any atom is -0.356 e. The number of aryl methyl sites for hydroxylation is 1. The molecular weight excluding hydrogens is 300 g/mol. The summed E-state index contributed by atoms with van der Waals surface area (Å²) in [4.78, 5) is 16.5. The summed E-state index contributed by atoms with van der Waals surface area (Å²) in [5.74, 6) is 0.493. The van der Waals surface area contributed by atoms with Gasteiger partial charge in [0.15, 0.2) is 5.84 Å². The molecule has 2 aromatic rings. The fraction of sp³-hybridized carbons (Fsp3) is 0.526. The molecule has 128 valence electrons. The van der Waals surface area contributed by atoms with Crippen molar-refractivity contribution in [2.45, 2.75) is 59.5 Å². The molecule has 1 aromatic heterocycles. The van der Waals surface area contributed by atoms with Gasteiger partial charge in [-0.2, -0.15) is 10.1 Å². The molecule has 1 aliphatic heterocycles. The Balaban J connectivity index is 1.96. The van der Waals surface area contributed by atoms with E-state index in [1.54, 1.807) is 0 Å². The predicted octanol–water partition coefficient (Wildman–Crippen LogP) is 3.52. The molecule has 1 N–H and O–H groups in total. The molecular formula is C19H26N4O. The summed E-state index contributed by atoms with van der Waals surface area (Å²) >= 11 is 0. The third-order valence-electron chi connectivity index (χ3n) is 4.47. The fourth-order valence-electron chi connectivity index (χ4n) is 3.10. The highest BCUT2D eigenvalue weighted by molar-refractivity contribution is 6.16. The number of hydrogen-bond acceptors (Lipinski definition) is 3. The van der Waals surface area contributed by atoms with Gasteiger partial charge in [0.25, 0.3) is 5.91 Å². The molecule has 5 nitrogen and oxygen atoms in total. The average molecular weight is 326 g/mol. The lowest BCUT2D eigenvalue weighted by atomic mass is 9.87. The molecule has 1 atom stereocenters. The van der Waals surface area contributed by atoms with Crippen LogP contribution in [0.5, 0.6) is 0 Å². The van der Waals surface area contributed by atoms with Crippen molar-refractivity contribution in [1.29, 1.82) is 0 Å². The number of carbonyl (C=O) groups is 1. The standard InChI is InChI=1S/C19H26N4O/c1-5-6-9-12-23-14-11-8-7-10-13(14)15(22-23)17-20-16(18(24)21-17)19(2,3)4/h7-8,10-11,16H,5-6,9,12H2,1-4H3,(H,20,21,24). The number of hydrogen-bond donors (Lipinski definition) is 1. The Morgan fingerprint density at radius 3 is 2.62 bits per heavy atom. The van der Waals surface area contributed by atoms with E-state index in [4.69, 9.17) is 5.10 Å². The number of aromatic nitrogens is 2. The minimum atomic E-state index is -0.295. The molecule has 3 rings (SSSR count). The second kappa shape index (κ2) is 6.38. The van der Waals surface area contributed by atoms with Gasteiger partial charge in [-0.3, -0.25) is 9.48 Å². The number of aliphatic imine (C=N–C) groups is 1. The van der Waals surface area contributed by atoms with Crippen LogP contribution in [0.2, 0.25) is 0 Å². The van der Waals surface area contributed by atoms with Crippen molar-refractivity contribution in [3.05, 3.63) is 30.0 Å². The number of amides is 1. The zero-order valence-corrected chi connectivity index (χ0v) is 15.0. The van der Waals surface area contributed by atoms with Crippen LogP contribution >= 0.6 is 0 Å². The minimum absolute atomic E-state index is 0.109. The van der Waals surface area contributed by atoms with Gasteiger partial charge in [0.1, 0.15) is 11.7 Å². The predicted molar refractivity (Wildman–Crippen MR) is 97.2 cm³/mol. The van der Waals surface area contributed by atoms with Crippen molar-refractivity contribution in [1.82, 2.24) is 15.1 Å². The molecule has 1 aromatic carbocycles. The van der Waals surface area contributed by atoms with Gasteiger partial charge >= 0.3 is 0 Å². The monoisotopic (exact) mass is 326 g/mol. The van der Waals surface area contributed by atoms with Gasteiger partial charge in [-0.05, 0) is 17.9 Å². The number of amidine groups is 1. The number of benzene rings is 1. The molecule has 0 fully saturated rings. The highest BCUT2D eigenvalue weighted by atomic mass is 16.2. The highest BCUT2D eigenvalue weighted by Gasteiger charge is 2.37. The van der Waals surface area contributed by atoms with Crippen LogP contribution in [0, 0.1) is 5.41 Å². The zero-order valence-electron chi connectivity index (χ0n) is 15.0. The largest absolute Gasteiger partial charge is 0.356 e. The first-order valence-corrected chi connectivity index (χ1v) is 8.77. The van der Waals surface area contributed by atoms with Crippen LogP contribution in [0.25, 0.3) is 10.9 Å². The molecule has 0 aliphatic carbocycles. The third kappa shape index (κ3) is 3.07. The van der Waals surface area contributed by atoms with E-state index < -0.39 is 0 Å². The maximum Gasteiger partial charge on any atom is 0.270 e. The fourth-order valence-corrected chi connectivity index (χ4v) is 3.10. The topological polar surface area (TPSA) is 59.3 Å². The van der Waals surface area contributed by atoms with Crippen LogP contribution in [0.3, 0.4) is 0 Å². The molecule has 1 aliphatic rings. The number of carbonyl (C=O) groups excluding carboxylic acids is 1. The quantitative estimate of drug-likeness (QED) is 0.855. The van der Waals surface area contributed by atoms with Gasteiger partial charge in [0, 0.05) is 11.9 Å². The number of fused-ring (bicyclic) bond motifs is 1. The normalized spacial score (nSPS) is 18.1. The van der Waals surface area contributed by atoms with Gasteiger partial charge in [-0.25, -0.2) is 0 Å². The van der Waals surface area contributed by atoms with E-state index in [1.807, 2.05) is 43.7 Å². The Hall–Kier alpha value is -2.17. The summed E-state index contributed by atoms with van der Waals surface area (Å²) < 4.78 is 2.04. The van der Waals surface area contributed by atoms with Crippen molar-refractivity contribution in [3.8, 4) is 0 Å². The molecule has 0 saturated heterocycles. The van der Waals surface area contributed by atoms with Crippen LogP contribution in [-0.2, 0) is 11.3 Å². The van der Waals surface area contributed by atoms with Crippen LogP contribution in [0.1, 0.15) is 52.7 Å². The smallest absolute Gasteiger partial charge is 0.270 e. The molecule has 5 heteroatoms. The Morgan fingerprint density at radius 1 is 1.21 bits per heavy atom. The summed E-state index contributed by atoms with van der Waals surface area (Å²) in [5.41, 5.74) is 1.70. The summed E-state index contributed by atoms with van der Waals surface area (Å²) in [6.07, 6.45) is 3.47. The SMILES string of the molecule is CCCCCn1nc(C2=NC(=O)C(C(C)(C)C)N2)c2ccccc21. The highest BCUT2D eigenvalue weighted by Crippen LogP contribution is 2.26.